The number of amides is 2. The molecule has 0 bridgehead atoms. The molecule has 1 fully saturated rings. The van der Waals surface area contributed by atoms with Crippen molar-refractivity contribution in [3.63, 3.8) is 0 Å². The first-order chi connectivity index (χ1) is 12.6. The van der Waals surface area contributed by atoms with Crippen LogP contribution >= 0.6 is 0 Å². The minimum Gasteiger partial charge on any atom is -0.497 e. The van der Waals surface area contributed by atoms with E-state index in [1.165, 1.54) is 7.11 Å². The first kappa shape index (κ1) is 17.8. The molecule has 1 N–H and O–H groups in total. The first-order valence-corrected chi connectivity index (χ1v) is 8.53. The Morgan fingerprint density at radius 1 is 1.04 bits per heavy atom. The number of carbonyl (C=O) groups excluding carboxylic acids is 2. The van der Waals surface area contributed by atoms with Crippen molar-refractivity contribution in [2.24, 2.45) is 0 Å². The third kappa shape index (κ3) is 3.82. The fourth-order valence-corrected chi connectivity index (χ4v) is 3.07. The molecular formula is C19H23N3O4. The van der Waals surface area contributed by atoms with Crippen LogP contribution in [0.5, 0.6) is 11.5 Å². The smallest absolute Gasteiger partial charge is 0.257 e. The zero-order valence-electron chi connectivity index (χ0n) is 15.0. The summed E-state index contributed by atoms with van der Waals surface area (Å²) in [5.41, 5.74) is 1.44. The lowest BCUT2D eigenvalue weighted by atomic mass is 10.1. The highest BCUT2D eigenvalue weighted by Crippen LogP contribution is 2.25. The van der Waals surface area contributed by atoms with E-state index in [1.807, 2.05) is 12.3 Å². The fraction of sp³-hybridized carbons (Fsp3) is 0.368. The quantitative estimate of drug-likeness (QED) is 0.881. The van der Waals surface area contributed by atoms with E-state index in [0.717, 1.165) is 5.56 Å². The molecule has 0 aliphatic carbocycles. The molecule has 1 aromatic carbocycles. The van der Waals surface area contributed by atoms with Crippen molar-refractivity contribution in [1.82, 2.24) is 14.8 Å². The van der Waals surface area contributed by atoms with Crippen LogP contribution in [0.3, 0.4) is 0 Å². The van der Waals surface area contributed by atoms with Crippen LogP contribution in [-0.4, -0.2) is 67.0 Å². The number of aromatic amines is 1. The number of methoxy groups -OCH3 is 2. The van der Waals surface area contributed by atoms with Gasteiger partial charge in [0.2, 0.25) is 5.91 Å². The van der Waals surface area contributed by atoms with Gasteiger partial charge >= 0.3 is 0 Å². The average Bonchev–Trinajstić information content (AvgIpc) is 3.20. The lowest BCUT2D eigenvalue weighted by Crippen LogP contribution is -2.51. The van der Waals surface area contributed by atoms with Gasteiger partial charge in [-0.3, -0.25) is 9.59 Å². The molecule has 3 rings (SSSR count). The summed E-state index contributed by atoms with van der Waals surface area (Å²) in [5, 5.41) is 0. The number of aromatic nitrogens is 1. The van der Waals surface area contributed by atoms with Gasteiger partial charge in [0.25, 0.3) is 5.91 Å². The van der Waals surface area contributed by atoms with Crippen molar-refractivity contribution in [2.45, 2.75) is 6.42 Å². The third-order valence-electron chi connectivity index (χ3n) is 4.57. The standard InChI is InChI=1S/C19H23N3O4/c1-25-15-3-4-17(26-2)16(12-15)19(24)22-9-7-21(8-10-22)18(23)11-14-5-6-20-13-14/h3-6,12-13,20H,7-11H2,1-2H3. The molecule has 0 spiro atoms. The molecule has 2 amide bonds. The molecule has 2 aromatic rings. The van der Waals surface area contributed by atoms with Gasteiger partial charge in [0, 0.05) is 38.6 Å². The Kier molecular flexibility index (Phi) is 5.46. The summed E-state index contributed by atoms with van der Waals surface area (Å²) < 4.78 is 10.5. The lowest BCUT2D eigenvalue weighted by molar-refractivity contribution is -0.131. The highest BCUT2D eigenvalue weighted by molar-refractivity contribution is 5.97. The zero-order chi connectivity index (χ0) is 18.5. The maximum Gasteiger partial charge on any atom is 0.257 e. The number of hydrogen-bond acceptors (Lipinski definition) is 4. The van der Waals surface area contributed by atoms with Crippen LogP contribution in [-0.2, 0) is 11.2 Å². The van der Waals surface area contributed by atoms with E-state index in [4.69, 9.17) is 9.47 Å². The molecule has 138 valence electrons. The second-order valence-corrected chi connectivity index (χ2v) is 6.14. The lowest BCUT2D eigenvalue weighted by Gasteiger charge is -2.35. The predicted octanol–water partition coefficient (Wildman–Crippen LogP) is 1.56. The summed E-state index contributed by atoms with van der Waals surface area (Å²) in [7, 11) is 3.10. The van der Waals surface area contributed by atoms with Crippen LogP contribution in [0.15, 0.2) is 36.7 Å². The molecule has 1 aromatic heterocycles. The van der Waals surface area contributed by atoms with Crippen LogP contribution in [0.1, 0.15) is 15.9 Å². The van der Waals surface area contributed by atoms with E-state index in [1.54, 1.807) is 41.3 Å². The molecule has 0 radical (unpaired) electrons. The average molecular weight is 357 g/mol. The van der Waals surface area contributed by atoms with Gasteiger partial charge in [-0.2, -0.15) is 0 Å². The number of carbonyl (C=O) groups is 2. The van der Waals surface area contributed by atoms with Crippen molar-refractivity contribution in [3.05, 3.63) is 47.8 Å². The summed E-state index contributed by atoms with van der Waals surface area (Å²) in [4.78, 5) is 31.7. The number of hydrogen-bond donors (Lipinski definition) is 1. The van der Waals surface area contributed by atoms with Crippen LogP contribution in [0, 0.1) is 0 Å². The predicted molar refractivity (Wildman–Crippen MR) is 96.5 cm³/mol. The summed E-state index contributed by atoms with van der Waals surface area (Å²) in [6.45, 7) is 2.05. The van der Waals surface area contributed by atoms with E-state index in [-0.39, 0.29) is 11.8 Å². The monoisotopic (exact) mass is 357 g/mol. The van der Waals surface area contributed by atoms with E-state index < -0.39 is 0 Å². The number of nitrogens with one attached hydrogen (secondary N) is 1. The number of piperazine rings is 1. The van der Waals surface area contributed by atoms with E-state index in [9.17, 15) is 9.59 Å². The fourth-order valence-electron chi connectivity index (χ4n) is 3.07. The molecule has 1 aliphatic heterocycles. The molecule has 0 atom stereocenters. The summed E-state index contributed by atoms with van der Waals surface area (Å²) >= 11 is 0. The van der Waals surface area contributed by atoms with Gasteiger partial charge in [-0.1, -0.05) is 0 Å². The Morgan fingerprint density at radius 2 is 1.77 bits per heavy atom. The summed E-state index contributed by atoms with van der Waals surface area (Å²) in [6.07, 6.45) is 4.01. The topological polar surface area (TPSA) is 74.9 Å². The zero-order valence-corrected chi connectivity index (χ0v) is 15.0. The maximum absolute atomic E-state index is 12.9. The van der Waals surface area contributed by atoms with E-state index in [0.29, 0.717) is 49.7 Å². The van der Waals surface area contributed by atoms with Crippen LogP contribution in [0.4, 0.5) is 0 Å². The Balaban J connectivity index is 1.62. The van der Waals surface area contributed by atoms with Gasteiger partial charge in [0.05, 0.1) is 26.2 Å². The molecule has 0 saturated carbocycles. The highest BCUT2D eigenvalue weighted by Gasteiger charge is 2.26. The molecular weight excluding hydrogens is 334 g/mol. The van der Waals surface area contributed by atoms with Crippen LogP contribution in [0.2, 0.25) is 0 Å². The molecule has 7 nitrogen and oxygen atoms in total. The summed E-state index contributed by atoms with van der Waals surface area (Å²) in [6, 6.07) is 7.06. The molecule has 7 heteroatoms. The van der Waals surface area contributed by atoms with Crippen LogP contribution < -0.4 is 9.47 Å². The SMILES string of the molecule is COc1ccc(OC)c(C(=O)N2CCN(C(=O)Cc3cc[nH]c3)CC2)c1. The molecule has 1 saturated heterocycles. The van der Waals surface area contributed by atoms with Gasteiger partial charge in [-0.25, -0.2) is 0 Å². The van der Waals surface area contributed by atoms with Gasteiger partial charge in [0.1, 0.15) is 11.5 Å². The van der Waals surface area contributed by atoms with Crippen molar-refractivity contribution in [2.75, 3.05) is 40.4 Å². The van der Waals surface area contributed by atoms with Gasteiger partial charge in [-0.05, 0) is 29.8 Å². The molecule has 26 heavy (non-hydrogen) atoms. The third-order valence-corrected chi connectivity index (χ3v) is 4.57. The normalized spacial score (nSPS) is 14.2. The Bertz CT molecular complexity index is 765. The molecule has 1 aliphatic rings. The minimum atomic E-state index is -0.113. The maximum atomic E-state index is 12.9. The minimum absolute atomic E-state index is 0.0793. The summed E-state index contributed by atoms with van der Waals surface area (Å²) in [5.74, 6) is 1.09. The van der Waals surface area contributed by atoms with Crippen molar-refractivity contribution in [3.8, 4) is 11.5 Å². The second-order valence-electron chi connectivity index (χ2n) is 6.14. The van der Waals surface area contributed by atoms with Crippen molar-refractivity contribution >= 4 is 11.8 Å². The molecule has 0 unspecified atom stereocenters. The Morgan fingerprint density at radius 3 is 2.38 bits per heavy atom. The van der Waals surface area contributed by atoms with Gasteiger partial charge in [-0.15, -0.1) is 0 Å². The number of nitrogens with zero attached hydrogens (tertiary/aromatic N) is 2. The van der Waals surface area contributed by atoms with E-state index in [2.05, 4.69) is 4.98 Å². The van der Waals surface area contributed by atoms with Crippen molar-refractivity contribution < 1.29 is 19.1 Å². The highest BCUT2D eigenvalue weighted by atomic mass is 16.5. The number of rotatable bonds is 5. The van der Waals surface area contributed by atoms with Gasteiger partial charge < -0.3 is 24.3 Å². The Hall–Kier alpha value is -2.96. The largest absolute Gasteiger partial charge is 0.497 e. The van der Waals surface area contributed by atoms with E-state index >= 15 is 0 Å². The van der Waals surface area contributed by atoms with Crippen LogP contribution in [0.25, 0.3) is 0 Å². The number of benzene rings is 1. The van der Waals surface area contributed by atoms with Crippen molar-refractivity contribution in [1.29, 1.82) is 0 Å². The Labute approximate surface area is 152 Å². The number of H-pyrrole nitrogens is 1. The molecule has 2 heterocycles. The van der Waals surface area contributed by atoms with Gasteiger partial charge in [0.15, 0.2) is 0 Å². The first-order valence-electron chi connectivity index (χ1n) is 8.53. The second kappa shape index (κ2) is 7.95. The number of ether oxygens (including phenoxy) is 2.